The number of carbonyl (C=O) groups is 1. The molecule has 1 N–H and O–H groups in total. The van der Waals surface area contributed by atoms with E-state index in [2.05, 4.69) is 20.9 Å². The largest absolute Gasteiger partial charge is 0.360 e. The van der Waals surface area contributed by atoms with Crippen LogP contribution in [0.25, 0.3) is 10.9 Å². The van der Waals surface area contributed by atoms with Crippen molar-refractivity contribution in [3.05, 3.63) is 68.8 Å². The minimum absolute atomic E-state index is 0.135. The van der Waals surface area contributed by atoms with Gasteiger partial charge in [-0.2, -0.15) is 0 Å². The molecule has 2 nitrogen and oxygen atoms in total. The molecule has 1 heterocycles. The number of halogens is 4. The maximum Gasteiger partial charge on any atom is 0.201 e. The molecule has 0 spiro atoms. The molecule has 0 radical (unpaired) electrons. The van der Waals surface area contributed by atoms with Crippen LogP contribution in [0.3, 0.4) is 0 Å². The smallest absolute Gasteiger partial charge is 0.201 e. The molecule has 0 aliphatic heterocycles. The lowest BCUT2D eigenvalue weighted by Gasteiger charge is -2.05. The second-order valence-corrected chi connectivity index (χ2v) is 5.76. The van der Waals surface area contributed by atoms with Crippen LogP contribution in [0.2, 0.25) is 5.02 Å². The molecule has 0 bridgehead atoms. The summed E-state index contributed by atoms with van der Waals surface area (Å²) in [5.41, 5.74) is 0.165. The summed E-state index contributed by atoms with van der Waals surface area (Å²) in [5, 5.41) is 0.793. The maximum absolute atomic E-state index is 13.9. The normalized spacial score (nSPS) is 11.0. The zero-order valence-electron chi connectivity index (χ0n) is 10.4. The van der Waals surface area contributed by atoms with Gasteiger partial charge in [-0.3, -0.25) is 4.79 Å². The van der Waals surface area contributed by atoms with Gasteiger partial charge in [0.1, 0.15) is 11.6 Å². The average Bonchev–Trinajstić information content (AvgIpc) is 2.82. The molecular formula is C15H7BrClF2NO. The van der Waals surface area contributed by atoms with Gasteiger partial charge in [-0.15, -0.1) is 0 Å². The number of hydrogen-bond acceptors (Lipinski definition) is 1. The monoisotopic (exact) mass is 369 g/mol. The van der Waals surface area contributed by atoms with Gasteiger partial charge in [0.05, 0.1) is 10.6 Å². The van der Waals surface area contributed by atoms with E-state index in [-0.39, 0.29) is 10.0 Å². The highest BCUT2D eigenvalue weighted by Gasteiger charge is 2.23. The summed E-state index contributed by atoms with van der Waals surface area (Å²) in [6, 6.07) is 7.16. The number of carbonyl (C=O) groups excluding carboxylic acids is 1. The van der Waals surface area contributed by atoms with E-state index in [0.29, 0.717) is 15.9 Å². The number of aromatic nitrogens is 1. The molecule has 3 rings (SSSR count). The van der Waals surface area contributed by atoms with Crippen molar-refractivity contribution in [3.8, 4) is 0 Å². The van der Waals surface area contributed by atoms with Crippen LogP contribution in [0.5, 0.6) is 0 Å². The number of H-pyrrole nitrogens is 1. The van der Waals surface area contributed by atoms with Gasteiger partial charge in [0.2, 0.25) is 5.78 Å². The van der Waals surface area contributed by atoms with Crippen molar-refractivity contribution in [2.75, 3.05) is 0 Å². The third-order valence-electron chi connectivity index (χ3n) is 3.13. The highest BCUT2D eigenvalue weighted by Crippen LogP contribution is 2.30. The molecule has 106 valence electrons. The Bertz CT molecular complexity index is 852. The van der Waals surface area contributed by atoms with Gasteiger partial charge < -0.3 is 4.98 Å². The summed E-state index contributed by atoms with van der Waals surface area (Å²) in [6.45, 7) is 0. The lowest BCUT2D eigenvalue weighted by atomic mass is 10.0. The van der Waals surface area contributed by atoms with Crippen LogP contribution >= 0.6 is 27.5 Å². The Labute approximate surface area is 131 Å². The van der Waals surface area contributed by atoms with Crippen molar-refractivity contribution in [1.29, 1.82) is 0 Å². The first-order chi connectivity index (χ1) is 9.99. The molecule has 21 heavy (non-hydrogen) atoms. The minimum Gasteiger partial charge on any atom is -0.360 e. The molecule has 0 aliphatic carbocycles. The molecule has 6 heteroatoms. The number of nitrogens with one attached hydrogen (secondary N) is 1. The van der Waals surface area contributed by atoms with E-state index in [9.17, 15) is 13.6 Å². The molecule has 0 saturated heterocycles. The van der Waals surface area contributed by atoms with Crippen LogP contribution in [0.15, 0.2) is 41.0 Å². The number of aromatic amines is 1. The van der Waals surface area contributed by atoms with Gasteiger partial charge in [-0.25, -0.2) is 8.78 Å². The van der Waals surface area contributed by atoms with Crippen molar-refractivity contribution < 1.29 is 13.6 Å². The highest BCUT2D eigenvalue weighted by atomic mass is 79.9. The third-order valence-corrected chi connectivity index (χ3v) is 3.91. The fourth-order valence-corrected chi connectivity index (χ4v) is 2.89. The SMILES string of the molecule is O=C(c1c(F)cc(Br)cc1F)c1c[nH]c2cccc(Cl)c12. The Hall–Kier alpha value is -1.72. The Morgan fingerprint density at radius 3 is 2.52 bits per heavy atom. The quantitative estimate of drug-likeness (QED) is 0.626. The molecule has 0 saturated carbocycles. The number of benzene rings is 2. The summed E-state index contributed by atoms with van der Waals surface area (Å²) >= 11 is 9.05. The van der Waals surface area contributed by atoms with Gasteiger partial charge in [-0.05, 0) is 24.3 Å². The molecule has 0 atom stereocenters. The van der Waals surface area contributed by atoms with Crippen LogP contribution in [0.1, 0.15) is 15.9 Å². The average molecular weight is 371 g/mol. The zero-order valence-corrected chi connectivity index (χ0v) is 12.7. The number of hydrogen-bond donors (Lipinski definition) is 1. The van der Waals surface area contributed by atoms with E-state index in [4.69, 9.17) is 11.6 Å². The first kappa shape index (κ1) is 14.2. The van der Waals surface area contributed by atoms with Gasteiger partial charge in [0, 0.05) is 27.1 Å². The predicted molar refractivity (Wildman–Crippen MR) is 80.8 cm³/mol. The second-order valence-electron chi connectivity index (χ2n) is 4.44. The van der Waals surface area contributed by atoms with Gasteiger partial charge in [0.15, 0.2) is 0 Å². The van der Waals surface area contributed by atoms with Crippen molar-refractivity contribution in [2.24, 2.45) is 0 Å². The fraction of sp³-hybridized carbons (Fsp3) is 0. The van der Waals surface area contributed by atoms with Crippen LogP contribution in [-0.2, 0) is 0 Å². The van der Waals surface area contributed by atoms with E-state index in [1.807, 2.05) is 0 Å². The minimum atomic E-state index is -0.923. The fourth-order valence-electron chi connectivity index (χ4n) is 2.21. The van der Waals surface area contributed by atoms with Crippen molar-refractivity contribution in [3.63, 3.8) is 0 Å². The topological polar surface area (TPSA) is 32.9 Å². The van der Waals surface area contributed by atoms with Crippen LogP contribution in [0, 0.1) is 11.6 Å². The van der Waals surface area contributed by atoms with E-state index in [1.54, 1.807) is 18.2 Å². The molecule has 0 unspecified atom stereocenters. The van der Waals surface area contributed by atoms with Gasteiger partial charge in [0.25, 0.3) is 0 Å². The van der Waals surface area contributed by atoms with E-state index >= 15 is 0 Å². The predicted octanol–water partition coefficient (Wildman–Crippen LogP) is 5.09. The number of ketones is 1. The van der Waals surface area contributed by atoms with Crippen molar-refractivity contribution in [1.82, 2.24) is 4.98 Å². The van der Waals surface area contributed by atoms with Crippen LogP contribution in [0.4, 0.5) is 8.78 Å². The highest BCUT2D eigenvalue weighted by molar-refractivity contribution is 9.10. The van der Waals surface area contributed by atoms with E-state index in [1.165, 1.54) is 6.20 Å². The Balaban J connectivity index is 2.23. The lowest BCUT2D eigenvalue weighted by molar-refractivity contribution is 0.103. The van der Waals surface area contributed by atoms with Crippen LogP contribution < -0.4 is 0 Å². The van der Waals surface area contributed by atoms with Crippen LogP contribution in [-0.4, -0.2) is 10.8 Å². The maximum atomic E-state index is 13.9. The standard InChI is InChI=1S/C15H7BrClF2NO/c16-7-4-10(18)14(11(19)5-7)15(21)8-6-20-12-3-1-2-9(17)13(8)12/h1-6,20H. The number of rotatable bonds is 2. The van der Waals surface area contributed by atoms with Crippen molar-refractivity contribution in [2.45, 2.75) is 0 Å². The molecule has 0 amide bonds. The summed E-state index contributed by atoms with van der Waals surface area (Å²) in [4.78, 5) is 15.3. The summed E-state index contributed by atoms with van der Waals surface area (Å²) in [5.74, 6) is -2.60. The Morgan fingerprint density at radius 2 is 1.86 bits per heavy atom. The first-order valence-corrected chi connectivity index (χ1v) is 7.11. The first-order valence-electron chi connectivity index (χ1n) is 5.94. The Kier molecular flexibility index (Phi) is 3.55. The Morgan fingerprint density at radius 1 is 1.19 bits per heavy atom. The second kappa shape index (κ2) is 5.24. The molecular weight excluding hydrogens is 364 g/mol. The molecule has 3 aromatic rings. The van der Waals surface area contributed by atoms with Gasteiger partial charge >= 0.3 is 0 Å². The molecule has 0 fully saturated rings. The summed E-state index contributed by atoms with van der Waals surface area (Å²) in [6.07, 6.45) is 1.40. The summed E-state index contributed by atoms with van der Waals surface area (Å²) < 4.78 is 28.1. The third kappa shape index (κ3) is 2.36. The lowest BCUT2D eigenvalue weighted by Crippen LogP contribution is -2.07. The van der Waals surface area contributed by atoms with E-state index in [0.717, 1.165) is 12.1 Å². The van der Waals surface area contributed by atoms with Crippen molar-refractivity contribution >= 4 is 44.2 Å². The zero-order chi connectivity index (χ0) is 15.1. The number of fused-ring (bicyclic) bond motifs is 1. The van der Waals surface area contributed by atoms with Gasteiger partial charge in [-0.1, -0.05) is 33.6 Å². The molecule has 1 aromatic heterocycles. The molecule has 2 aromatic carbocycles. The summed E-state index contributed by atoms with van der Waals surface area (Å²) in [7, 11) is 0. The van der Waals surface area contributed by atoms with E-state index < -0.39 is 23.0 Å². The molecule has 0 aliphatic rings.